The quantitative estimate of drug-likeness (QED) is 0.834. The van der Waals surface area contributed by atoms with Crippen LogP contribution in [0, 0.1) is 5.41 Å². The number of ether oxygens (including phenoxy) is 1. The van der Waals surface area contributed by atoms with Gasteiger partial charge in [0.05, 0.1) is 6.61 Å². The largest absolute Gasteiger partial charge is 0.493 e. The van der Waals surface area contributed by atoms with Crippen LogP contribution in [0.5, 0.6) is 5.75 Å². The summed E-state index contributed by atoms with van der Waals surface area (Å²) in [5.41, 5.74) is 1.91. The van der Waals surface area contributed by atoms with Crippen LogP contribution in [-0.2, 0) is 17.6 Å². The lowest BCUT2D eigenvalue weighted by Crippen LogP contribution is -2.22. The van der Waals surface area contributed by atoms with E-state index in [0.29, 0.717) is 6.42 Å². The molecule has 1 aliphatic rings. The average Bonchev–Trinajstić information content (AvgIpc) is 2.63. The van der Waals surface area contributed by atoms with E-state index in [4.69, 9.17) is 4.74 Å². The van der Waals surface area contributed by atoms with Gasteiger partial charge in [-0.25, -0.2) is 0 Å². The van der Waals surface area contributed by atoms with Crippen molar-refractivity contribution in [3.8, 4) is 5.75 Å². The van der Waals surface area contributed by atoms with Crippen molar-refractivity contribution in [2.45, 2.75) is 33.6 Å². The number of halogens is 1. The molecule has 0 aliphatic carbocycles. The van der Waals surface area contributed by atoms with Crippen molar-refractivity contribution in [2.24, 2.45) is 5.41 Å². The summed E-state index contributed by atoms with van der Waals surface area (Å²) in [5.74, 6) is 1.17. The molecule has 0 spiro atoms. The van der Waals surface area contributed by atoms with Crippen molar-refractivity contribution in [1.82, 2.24) is 0 Å². The first kappa shape index (κ1) is 12.6. The molecule has 3 heteroatoms. The van der Waals surface area contributed by atoms with E-state index in [1.54, 1.807) is 0 Å². The van der Waals surface area contributed by atoms with Crippen molar-refractivity contribution >= 4 is 21.7 Å². The summed E-state index contributed by atoms with van der Waals surface area (Å²) in [6, 6.07) is 4.07. The highest BCUT2D eigenvalue weighted by molar-refractivity contribution is 9.10. The van der Waals surface area contributed by atoms with Crippen molar-refractivity contribution < 1.29 is 9.53 Å². The van der Waals surface area contributed by atoms with Crippen molar-refractivity contribution in [3.05, 3.63) is 27.7 Å². The molecule has 0 radical (unpaired) electrons. The van der Waals surface area contributed by atoms with E-state index in [-0.39, 0.29) is 11.2 Å². The number of fused-ring (bicyclic) bond motifs is 1. The molecule has 0 unspecified atom stereocenters. The molecule has 2 nitrogen and oxygen atoms in total. The third-order valence-electron chi connectivity index (χ3n) is 3.01. The second kappa shape index (κ2) is 4.45. The van der Waals surface area contributed by atoms with E-state index in [9.17, 15) is 4.79 Å². The smallest absolute Gasteiger partial charge is 0.142 e. The molecule has 0 atom stereocenters. The standard InChI is InChI=1S/C14H17BrO2/c1-14(2,3)12(16)8-10-7-11(15)6-9-4-5-17-13(9)10/h6-7H,4-5,8H2,1-3H3. The molecule has 2 rings (SSSR count). The molecule has 0 saturated carbocycles. The van der Waals surface area contributed by atoms with Crippen LogP contribution in [0.4, 0.5) is 0 Å². The predicted molar refractivity (Wildman–Crippen MR) is 71.5 cm³/mol. The average molecular weight is 297 g/mol. The van der Waals surface area contributed by atoms with E-state index in [1.165, 1.54) is 5.56 Å². The van der Waals surface area contributed by atoms with Crippen LogP contribution in [-0.4, -0.2) is 12.4 Å². The van der Waals surface area contributed by atoms with Crippen LogP contribution in [0.25, 0.3) is 0 Å². The lowest BCUT2D eigenvalue weighted by molar-refractivity contribution is -0.125. The van der Waals surface area contributed by atoms with Gasteiger partial charge in [0, 0.05) is 28.3 Å². The Kier molecular flexibility index (Phi) is 3.30. The summed E-state index contributed by atoms with van der Waals surface area (Å²) in [6.07, 6.45) is 1.39. The molecule has 0 N–H and O–H groups in total. The zero-order valence-electron chi connectivity index (χ0n) is 10.5. The first-order valence-corrected chi connectivity index (χ1v) is 6.64. The van der Waals surface area contributed by atoms with Crippen LogP contribution in [0.15, 0.2) is 16.6 Å². The topological polar surface area (TPSA) is 26.3 Å². The van der Waals surface area contributed by atoms with Gasteiger partial charge in [-0.05, 0) is 17.7 Å². The van der Waals surface area contributed by atoms with E-state index >= 15 is 0 Å². The minimum absolute atomic E-state index is 0.244. The zero-order valence-corrected chi connectivity index (χ0v) is 12.1. The van der Waals surface area contributed by atoms with Gasteiger partial charge in [-0.3, -0.25) is 4.79 Å². The Bertz CT molecular complexity index is 458. The SMILES string of the molecule is CC(C)(C)C(=O)Cc1cc(Br)cc2c1OCC2. The Morgan fingerprint density at radius 1 is 1.41 bits per heavy atom. The van der Waals surface area contributed by atoms with Gasteiger partial charge in [0.15, 0.2) is 0 Å². The van der Waals surface area contributed by atoms with Gasteiger partial charge in [0.25, 0.3) is 0 Å². The normalized spacial score (nSPS) is 14.4. The van der Waals surface area contributed by atoms with E-state index in [1.807, 2.05) is 26.8 Å². The molecule has 0 aromatic heterocycles. The number of rotatable bonds is 2. The molecule has 1 aromatic carbocycles. The van der Waals surface area contributed by atoms with Crippen LogP contribution in [0.1, 0.15) is 31.9 Å². The zero-order chi connectivity index (χ0) is 12.6. The van der Waals surface area contributed by atoms with Gasteiger partial charge in [-0.1, -0.05) is 36.7 Å². The van der Waals surface area contributed by atoms with Gasteiger partial charge in [0.2, 0.25) is 0 Å². The summed E-state index contributed by atoms with van der Waals surface area (Å²) in [4.78, 5) is 12.1. The van der Waals surface area contributed by atoms with Gasteiger partial charge >= 0.3 is 0 Å². The molecular formula is C14H17BrO2. The lowest BCUT2D eigenvalue weighted by Gasteiger charge is -2.17. The molecule has 0 fully saturated rings. The van der Waals surface area contributed by atoms with Gasteiger partial charge in [0.1, 0.15) is 11.5 Å². The Morgan fingerprint density at radius 3 is 2.76 bits per heavy atom. The fourth-order valence-electron chi connectivity index (χ4n) is 1.92. The summed E-state index contributed by atoms with van der Waals surface area (Å²) < 4.78 is 6.65. The van der Waals surface area contributed by atoms with E-state index in [2.05, 4.69) is 22.0 Å². The predicted octanol–water partition coefficient (Wildman–Crippen LogP) is 3.54. The fourth-order valence-corrected chi connectivity index (χ4v) is 2.47. The number of benzene rings is 1. The molecule has 0 amide bonds. The Hall–Kier alpha value is -0.830. The van der Waals surface area contributed by atoms with Crippen LogP contribution < -0.4 is 4.74 Å². The summed E-state index contributed by atoms with van der Waals surface area (Å²) >= 11 is 3.49. The Morgan fingerprint density at radius 2 is 2.12 bits per heavy atom. The number of carbonyl (C=O) groups is 1. The molecule has 1 aromatic rings. The monoisotopic (exact) mass is 296 g/mol. The Labute approximate surface area is 110 Å². The number of carbonyl (C=O) groups excluding carboxylic acids is 1. The number of hydrogen-bond acceptors (Lipinski definition) is 2. The minimum Gasteiger partial charge on any atom is -0.493 e. The maximum absolute atomic E-state index is 12.1. The highest BCUT2D eigenvalue weighted by Crippen LogP contribution is 2.34. The molecule has 92 valence electrons. The van der Waals surface area contributed by atoms with E-state index < -0.39 is 0 Å². The third-order valence-corrected chi connectivity index (χ3v) is 3.47. The molecule has 1 heterocycles. The first-order chi connectivity index (χ1) is 7.88. The summed E-state index contributed by atoms with van der Waals surface area (Å²) in [6.45, 7) is 6.58. The van der Waals surface area contributed by atoms with Crippen molar-refractivity contribution in [2.75, 3.05) is 6.61 Å². The highest BCUT2D eigenvalue weighted by Gasteiger charge is 2.25. The molecular weight excluding hydrogens is 280 g/mol. The highest BCUT2D eigenvalue weighted by atomic mass is 79.9. The first-order valence-electron chi connectivity index (χ1n) is 5.85. The van der Waals surface area contributed by atoms with Crippen LogP contribution >= 0.6 is 15.9 Å². The van der Waals surface area contributed by atoms with Crippen molar-refractivity contribution in [3.63, 3.8) is 0 Å². The van der Waals surface area contributed by atoms with Crippen LogP contribution in [0.2, 0.25) is 0 Å². The molecule has 1 aliphatic heterocycles. The fraction of sp³-hybridized carbons (Fsp3) is 0.500. The number of hydrogen-bond donors (Lipinski definition) is 0. The minimum atomic E-state index is -0.298. The van der Waals surface area contributed by atoms with Crippen LogP contribution in [0.3, 0.4) is 0 Å². The summed E-state index contributed by atoms with van der Waals surface area (Å²) in [7, 11) is 0. The van der Waals surface area contributed by atoms with Gasteiger partial charge < -0.3 is 4.74 Å². The lowest BCUT2D eigenvalue weighted by atomic mass is 9.86. The summed E-state index contributed by atoms with van der Waals surface area (Å²) in [5, 5.41) is 0. The molecule has 17 heavy (non-hydrogen) atoms. The third kappa shape index (κ3) is 2.71. The van der Waals surface area contributed by atoms with Crippen molar-refractivity contribution in [1.29, 1.82) is 0 Å². The maximum atomic E-state index is 12.1. The Balaban J connectivity index is 2.31. The van der Waals surface area contributed by atoms with Gasteiger partial charge in [-0.2, -0.15) is 0 Å². The number of Topliss-reactive ketones (excluding diaryl/α,β-unsaturated/α-hetero) is 1. The number of ketones is 1. The molecule has 0 bridgehead atoms. The van der Waals surface area contributed by atoms with E-state index in [0.717, 1.165) is 28.8 Å². The second-order valence-corrected chi connectivity index (χ2v) is 6.42. The molecule has 0 saturated heterocycles. The van der Waals surface area contributed by atoms with Gasteiger partial charge in [-0.15, -0.1) is 0 Å². The second-order valence-electron chi connectivity index (χ2n) is 5.50. The maximum Gasteiger partial charge on any atom is 0.142 e.